The summed E-state index contributed by atoms with van der Waals surface area (Å²) in [4.78, 5) is 19.0. The molecule has 100 valence electrons. The zero-order valence-corrected chi connectivity index (χ0v) is 11.4. The number of hydrogen-bond donors (Lipinski definition) is 3. The fourth-order valence-corrected chi connectivity index (χ4v) is 2.44. The van der Waals surface area contributed by atoms with Crippen molar-refractivity contribution in [3.8, 4) is 0 Å². The van der Waals surface area contributed by atoms with Crippen LogP contribution in [0.4, 0.5) is 0 Å². The molecule has 0 unspecified atom stereocenters. The third-order valence-corrected chi connectivity index (χ3v) is 3.60. The number of hydrazine groups is 1. The van der Waals surface area contributed by atoms with Gasteiger partial charge in [0.1, 0.15) is 0 Å². The number of carbonyl (C=O) groups is 1. The SMILES string of the molecule is O=C(NNSc1ccccc1)c1ccc2[nH]ccc2c1. The topological polar surface area (TPSA) is 56.9 Å². The van der Waals surface area contributed by atoms with Crippen molar-refractivity contribution in [2.24, 2.45) is 0 Å². The Hall–Kier alpha value is -2.24. The van der Waals surface area contributed by atoms with E-state index >= 15 is 0 Å². The number of aromatic nitrogens is 1. The van der Waals surface area contributed by atoms with Crippen molar-refractivity contribution in [3.63, 3.8) is 0 Å². The predicted molar refractivity (Wildman–Crippen MR) is 81.2 cm³/mol. The number of hydrogen-bond acceptors (Lipinski definition) is 3. The maximum atomic E-state index is 12.0. The van der Waals surface area contributed by atoms with Gasteiger partial charge in [0.05, 0.1) is 0 Å². The Bertz CT molecular complexity index is 724. The molecule has 0 atom stereocenters. The average molecular weight is 283 g/mol. The first-order chi connectivity index (χ1) is 9.83. The summed E-state index contributed by atoms with van der Waals surface area (Å²) >= 11 is 1.36. The van der Waals surface area contributed by atoms with Gasteiger partial charge >= 0.3 is 0 Å². The molecule has 3 rings (SSSR count). The molecule has 0 saturated carbocycles. The molecule has 2 aromatic carbocycles. The Balaban J connectivity index is 1.61. The highest BCUT2D eigenvalue weighted by Gasteiger charge is 2.06. The van der Waals surface area contributed by atoms with E-state index in [1.54, 1.807) is 6.07 Å². The molecular formula is C15H13N3OS. The average Bonchev–Trinajstić information content (AvgIpc) is 2.95. The summed E-state index contributed by atoms with van der Waals surface area (Å²) in [5, 5.41) is 1.02. The van der Waals surface area contributed by atoms with Crippen LogP contribution >= 0.6 is 11.9 Å². The van der Waals surface area contributed by atoms with Crippen molar-refractivity contribution in [1.29, 1.82) is 0 Å². The highest BCUT2D eigenvalue weighted by atomic mass is 32.2. The van der Waals surface area contributed by atoms with Crippen molar-refractivity contribution in [2.75, 3.05) is 0 Å². The van der Waals surface area contributed by atoms with E-state index < -0.39 is 0 Å². The summed E-state index contributed by atoms with van der Waals surface area (Å²) in [5.41, 5.74) is 4.31. The van der Waals surface area contributed by atoms with Crippen molar-refractivity contribution in [2.45, 2.75) is 4.90 Å². The van der Waals surface area contributed by atoms with Gasteiger partial charge in [-0.25, -0.2) is 0 Å². The highest BCUT2D eigenvalue weighted by Crippen LogP contribution is 2.15. The third-order valence-electron chi connectivity index (χ3n) is 2.89. The van der Waals surface area contributed by atoms with Crippen molar-refractivity contribution in [1.82, 2.24) is 15.2 Å². The first-order valence-corrected chi connectivity index (χ1v) is 6.99. The van der Waals surface area contributed by atoms with E-state index in [1.807, 2.05) is 54.7 Å². The molecule has 20 heavy (non-hydrogen) atoms. The summed E-state index contributed by atoms with van der Waals surface area (Å²) in [6.45, 7) is 0. The molecule has 0 radical (unpaired) electrons. The van der Waals surface area contributed by atoms with Gasteiger partial charge in [0, 0.05) is 27.6 Å². The molecule has 3 N–H and O–H groups in total. The van der Waals surface area contributed by atoms with Gasteiger partial charge < -0.3 is 4.98 Å². The van der Waals surface area contributed by atoms with E-state index in [0.717, 1.165) is 15.8 Å². The lowest BCUT2D eigenvalue weighted by Gasteiger charge is -2.06. The molecule has 0 spiro atoms. The smallest absolute Gasteiger partial charge is 0.266 e. The molecule has 0 fully saturated rings. The number of rotatable bonds is 4. The minimum atomic E-state index is -0.156. The van der Waals surface area contributed by atoms with Gasteiger partial charge in [-0.1, -0.05) is 18.2 Å². The van der Waals surface area contributed by atoms with Crippen LogP contribution in [-0.4, -0.2) is 10.9 Å². The van der Waals surface area contributed by atoms with Crippen LogP contribution in [0.3, 0.4) is 0 Å². The quantitative estimate of drug-likeness (QED) is 0.509. The lowest BCUT2D eigenvalue weighted by molar-refractivity contribution is 0.0947. The van der Waals surface area contributed by atoms with E-state index in [2.05, 4.69) is 15.2 Å². The summed E-state index contributed by atoms with van der Waals surface area (Å²) in [6, 6.07) is 17.3. The van der Waals surface area contributed by atoms with Gasteiger partial charge in [0.25, 0.3) is 5.91 Å². The van der Waals surface area contributed by atoms with Crippen LogP contribution in [-0.2, 0) is 0 Å². The van der Waals surface area contributed by atoms with Gasteiger partial charge in [0.15, 0.2) is 0 Å². The second-order valence-corrected chi connectivity index (χ2v) is 5.13. The van der Waals surface area contributed by atoms with E-state index in [-0.39, 0.29) is 5.91 Å². The van der Waals surface area contributed by atoms with Crippen molar-refractivity contribution >= 4 is 28.8 Å². The van der Waals surface area contributed by atoms with E-state index in [0.29, 0.717) is 5.56 Å². The molecule has 1 aromatic heterocycles. The van der Waals surface area contributed by atoms with Crippen molar-refractivity contribution < 1.29 is 4.79 Å². The molecule has 0 aliphatic rings. The lowest BCUT2D eigenvalue weighted by atomic mass is 10.1. The maximum Gasteiger partial charge on any atom is 0.266 e. The number of aromatic amines is 1. The first kappa shape index (κ1) is 12.8. The van der Waals surface area contributed by atoms with Crippen LogP contribution in [0.25, 0.3) is 10.9 Å². The van der Waals surface area contributed by atoms with Crippen LogP contribution < -0.4 is 10.3 Å². The normalized spacial score (nSPS) is 10.6. The Kier molecular flexibility index (Phi) is 3.71. The molecule has 0 aliphatic carbocycles. The number of H-pyrrole nitrogens is 1. The zero-order valence-electron chi connectivity index (χ0n) is 10.6. The summed E-state index contributed by atoms with van der Waals surface area (Å²) in [6.07, 6.45) is 1.86. The Morgan fingerprint density at radius 1 is 1.05 bits per heavy atom. The fraction of sp³-hybridized carbons (Fsp3) is 0. The Morgan fingerprint density at radius 2 is 1.90 bits per heavy atom. The molecule has 1 amide bonds. The first-order valence-electron chi connectivity index (χ1n) is 6.17. The predicted octanol–water partition coefficient (Wildman–Crippen LogP) is 3.11. The molecular weight excluding hydrogens is 270 g/mol. The molecule has 4 nitrogen and oxygen atoms in total. The zero-order chi connectivity index (χ0) is 13.8. The van der Waals surface area contributed by atoms with Crippen LogP contribution in [0.5, 0.6) is 0 Å². The lowest BCUT2D eigenvalue weighted by Crippen LogP contribution is -2.32. The standard InChI is InChI=1S/C15H13N3OS/c19-15(17-18-20-13-4-2-1-3-5-13)12-6-7-14-11(10-12)8-9-16-14/h1-10,16,18H,(H,17,19). The van der Waals surface area contributed by atoms with Gasteiger partial charge in [-0.3, -0.25) is 10.2 Å². The van der Waals surface area contributed by atoms with E-state index in [4.69, 9.17) is 0 Å². The number of amides is 1. The molecule has 0 saturated heterocycles. The van der Waals surface area contributed by atoms with Gasteiger partial charge in [-0.05, 0) is 48.3 Å². The number of carbonyl (C=O) groups excluding carboxylic acids is 1. The van der Waals surface area contributed by atoms with Crippen LogP contribution in [0.1, 0.15) is 10.4 Å². The fourth-order valence-electron chi connectivity index (χ4n) is 1.89. The monoisotopic (exact) mass is 283 g/mol. The summed E-state index contributed by atoms with van der Waals surface area (Å²) in [7, 11) is 0. The molecule has 0 bridgehead atoms. The van der Waals surface area contributed by atoms with Crippen LogP contribution in [0.2, 0.25) is 0 Å². The van der Waals surface area contributed by atoms with Crippen molar-refractivity contribution in [3.05, 3.63) is 66.4 Å². The Morgan fingerprint density at radius 3 is 2.75 bits per heavy atom. The minimum Gasteiger partial charge on any atom is -0.361 e. The van der Waals surface area contributed by atoms with Gasteiger partial charge in [-0.2, -0.15) is 4.83 Å². The number of fused-ring (bicyclic) bond motifs is 1. The number of benzene rings is 2. The number of nitrogens with one attached hydrogen (secondary N) is 3. The van der Waals surface area contributed by atoms with E-state index in [1.165, 1.54) is 11.9 Å². The Labute approximate surface area is 120 Å². The van der Waals surface area contributed by atoms with Gasteiger partial charge in [0.2, 0.25) is 0 Å². The molecule has 0 aliphatic heterocycles. The summed E-state index contributed by atoms with van der Waals surface area (Å²) < 4.78 is 0. The summed E-state index contributed by atoms with van der Waals surface area (Å²) in [5.74, 6) is -0.156. The third kappa shape index (κ3) is 2.84. The minimum absolute atomic E-state index is 0.156. The highest BCUT2D eigenvalue weighted by molar-refractivity contribution is 7.97. The largest absolute Gasteiger partial charge is 0.361 e. The second kappa shape index (κ2) is 5.81. The molecule has 3 aromatic rings. The van der Waals surface area contributed by atoms with Gasteiger partial charge in [-0.15, -0.1) is 0 Å². The van der Waals surface area contributed by atoms with Crippen LogP contribution in [0.15, 0.2) is 65.7 Å². The van der Waals surface area contributed by atoms with Crippen LogP contribution in [0, 0.1) is 0 Å². The maximum absolute atomic E-state index is 12.0. The molecule has 1 heterocycles. The molecule has 5 heteroatoms. The second-order valence-electron chi connectivity index (χ2n) is 4.25. The van der Waals surface area contributed by atoms with E-state index in [9.17, 15) is 4.79 Å².